The van der Waals surface area contributed by atoms with E-state index in [0.29, 0.717) is 23.4 Å². The molecule has 0 unspecified atom stereocenters. The molecule has 1 amide bonds. The third kappa shape index (κ3) is 5.45. The van der Waals surface area contributed by atoms with Crippen molar-refractivity contribution in [2.75, 3.05) is 25.0 Å². The summed E-state index contributed by atoms with van der Waals surface area (Å²) in [5.41, 5.74) is 5.11. The molecule has 1 heterocycles. The number of piperidine rings is 1. The van der Waals surface area contributed by atoms with E-state index < -0.39 is 5.97 Å². The second-order valence-electron chi connectivity index (χ2n) is 10.8. The summed E-state index contributed by atoms with van der Waals surface area (Å²) >= 11 is 0. The smallest absolute Gasteiger partial charge is 0.330 e. The van der Waals surface area contributed by atoms with Crippen LogP contribution in [-0.2, 0) is 32.6 Å². The SMILES string of the molecule is CCOC(=O)/C=C/C(=O)Nc1ccc(CCCN2CC[C@]34CCCC[C@H]3[C@H]2Cc2ccc(O)cc24)cc1. The summed E-state index contributed by atoms with van der Waals surface area (Å²) in [6.07, 6.45) is 11.9. The summed E-state index contributed by atoms with van der Waals surface area (Å²) in [5.74, 6) is 0.240. The first kappa shape index (κ1) is 25.5. The molecule has 2 N–H and O–H groups in total. The van der Waals surface area contributed by atoms with Gasteiger partial charge in [0.05, 0.1) is 6.61 Å². The van der Waals surface area contributed by atoms with Crippen LogP contribution in [0.15, 0.2) is 54.6 Å². The van der Waals surface area contributed by atoms with Crippen LogP contribution >= 0.6 is 0 Å². The summed E-state index contributed by atoms with van der Waals surface area (Å²) in [4.78, 5) is 26.1. The zero-order valence-electron chi connectivity index (χ0n) is 21.7. The maximum atomic E-state index is 12.0. The second-order valence-corrected chi connectivity index (χ2v) is 10.8. The highest BCUT2D eigenvalue weighted by atomic mass is 16.5. The molecular formula is C31H38N2O4. The Morgan fingerprint density at radius 3 is 2.78 bits per heavy atom. The van der Waals surface area contributed by atoms with Gasteiger partial charge in [-0.05, 0) is 105 Å². The maximum absolute atomic E-state index is 12.0. The molecular weight excluding hydrogens is 464 g/mol. The summed E-state index contributed by atoms with van der Waals surface area (Å²) in [6, 6.07) is 14.7. The van der Waals surface area contributed by atoms with E-state index in [1.165, 1.54) is 54.9 Å². The Balaban J connectivity index is 1.16. The monoisotopic (exact) mass is 502 g/mol. The van der Waals surface area contributed by atoms with Gasteiger partial charge in [-0.1, -0.05) is 31.0 Å². The lowest BCUT2D eigenvalue weighted by atomic mass is 9.52. The lowest BCUT2D eigenvalue weighted by Gasteiger charge is -2.59. The largest absolute Gasteiger partial charge is 0.508 e. The number of aryl methyl sites for hydroxylation is 1. The van der Waals surface area contributed by atoms with Crippen molar-refractivity contribution in [1.29, 1.82) is 0 Å². The molecule has 5 rings (SSSR count). The Bertz CT molecular complexity index is 1160. The fourth-order valence-electron chi connectivity index (χ4n) is 7.11. The first-order chi connectivity index (χ1) is 18.0. The number of fused-ring (bicyclic) bond motifs is 1. The van der Waals surface area contributed by atoms with Crippen LogP contribution in [-0.4, -0.2) is 47.6 Å². The normalized spacial score (nSPS) is 24.8. The van der Waals surface area contributed by atoms with Gasteiger partial charge in [0, 0.05) is 29.3 Å². The van der Waals surface area contributed by atoms with Gasteiger partial charge in [0.2, 0.25) is 5.91 Å². The highest BCUT2D eigenvalue weighted by Gasteiger charge is 2.53. The number of anilines is 1. The van der Waals surface area contributed by atoms with Crippen molar-refractivity contribution in [2.24, 2.45) is 5.92 Å². The van der Waals surface area contributed by atoms with Crippen LogP contribution in [0.4, 0.5) is 5.69 Å². The number of likely N-dealkylation sites (tertiary alicyclic amines) is 1. The Labute approximate surface area is 219 Å². The molecule has 37 heavy (non-hydrogen) atoms. The number of nitrogens with zero attached hydrogens (tertiary/aromatic N) is 1. The van der Waals surface area contributed by atoms with E-state index in [4.69, 9.17) is 4.74 Å². The minimum atomic E-state index is -0.521. The first-order valence-electron chi connectivity index (χ1n) is 13.8. The number of benzene rings is 2. The molecule has 2 fully saturated rings. The predicted octanol–water partition coefficient (Wildman–Crippen LogP) is 5.14. The number of carbonyl (C=O) groups excluding carboxylic acids is 2. The Hall–Kier alpha value is -3.12. The number of amides is 1. The molecule has 2 aromatic carbocycles. The van der Waals surface area contributed by atoms with E-state index in [9.17, 15) is 14.7 Å². The standard InChI is InChI=1S/C31H38N2O4/c1-2-37-30(36)15-14-29(35)32-24-11-8-22(9-12-24)6-5-18-33-19-17-31-16-4-3-7-26(31)28(33)20-23-10-13-25(34)21-27(23)31/h8-15,21,26,28,34H,2-7,16-20H2,1H3,(H,32,35)/b15-14+/t26-,28+,31+/m0/s1. The van der Waals surface area contributed by atoms with Crippen molar-refractivity contribution in [3.05, 3.63) is 71.3 Å². The number of esters is 1. The van der Waals surface area contributed by atoms with Gasteiger partial charge >= 0.3 is 5.97 Å². The van der Waals surface area contributed by atoms with Crippen LogP contribution in [0.25, 0.3) is 0 Å². The first-order valence-corrected chi connectivity index (χ1v) is 13.8. The molecule has 1 saturated carbocycles. The lowest BCUT2D eigenvalue weighted by molar-refractivity contribution is -0.137. The molecule has 1 saturated heterocycles. The fourth-order valence-corrected chi connectivity index (χ4v) is 7.11. The zero-order chi connectivity index (χ0) is 25.8. The molecule has 2 aromatic rings. The van der Waals surface area contributed by atoms with E-state index in [0.717, 1.165) is 38.4 Å². The van der Waals surface area contributed by atoms with Crippen LogP contribution in [0.5, 0.6) is 5.75 Å². The Kier molecular flexibility index (Phi) is 7.65. The predicted molar refractivity (Wildman–Crippen MR) is 145 cm³/mol. The van der Waals surface area contributed by atoms with Crippen molar-refractivity contribution in [2.45, 2.75) is 69.7 Å². The van der Waals surface area contributed by atoms with Crippen molar-refractivity contribution < 1.29 is 19.4 Å². The van der Waals surface area contributed by atoms with E-state index in [1.807, 2.05) is 18.2 Å². The number of hydrogen-bond acceptors (Lipinski definition) is 5. The van der Waals surface area contributed by atoms with Gasteiger partial charge in [0.25, 0.3) is 0 Å². The number of carbonyl (C=O) groups is 2. The summed E-state index contributed by atoms with van der Waals surface area (Å²) in [5, 5.41) is 13.0. The molecule has 196 valence electrons. The average molecular weight is 503 g/mol. The van der Waals surface area contributed by atoms with Gasteiger partial charge in [0.15, 0.2) is 0 Å². The maximum Gasteiger partial charge on any atom is 0.330 e. The third-order valence-electron chi connectivity index (χ3n) is 8.72. The number of hydrogen-bond donors (Lipinski definition) is 2. The number of ether oxygens (including phenoxy) is 1. The topological polar surface area (TPSA) is 78.9 Å². The van der Waals surface area contributed by atoms with Crippen LogP contribution < -0.4 is 5.32 Å². The van der Waals surface area contributed by atoms with Crippen LogP contribution in [0.3, 0.4) is 0 Å². The molecule has 2 bridgehead atoms. The van der Waals surface area contributed by atoms with Gasteiger partial charge in [-0.15, -0.1) is 0 Å². The Morgan fingerprint density at radius 2 is 1.97 bits per heavy atom. The quantitative estimate of drug-likeness (QED) is 0.386. The fraction of sp³-hybridized carbons (Fsp3) is 0.484. The molecule has 0 radical (unpaired) electrons. The van der Waals surface area contributed by atoms with Crippen molar-refractivity contribution in [1.82, 2.24) is 4.90 Å². The van der Waals surface area contributed by atoms with Gasteiger partial charge in [0.1, 0.15) is 5.75 Å². The summed E-state index contributed by atoms with van der Waals surface area (Å²) in [7, 11) is 0. The Morgan fingerprint density at radius 1 is 1.14 bits per heavy atom. The third-order valence-corrected chi connectivity index (χ3v) is 8.72. The molecule has 0 aromatic heterocycles. The molecule has 3 atom stereocenters. The molecule has 1 aliphatic heterocycles. The molecule has 6 heteroatoms. The lowest BCUT2D eigenvalue weighted by Crippen LogP contribution is -2.61. The zero-order valence-corrected chi connectivity index (χ0v) is 21.7. The van der Waals surface area contributed by atoms with Crippen LogP contribution in [0, 0.1) is 5.92 Å². The highest BCUT2D eigenvalue weighted by Crippen LogP contribution is 2.56. The minimum absolute atomic E-state index is 0.261. The molecule has 6 nitrogen and oxygen atoms in total. The number of phenols is 1. The van der Waals surface area contributed by atoms with Gasteiger partial charge in [-0.25, -0.2) is 4.79 Å². The van der Waals surface area contributed by atoms with Gasteiger partial charge < -0.3 is 15.2 Å². The summed E-state index contributed by atoms with van der Waals surface area (Å²) in [6.45, 7) is 4.25. The second kappa shape index (κ2) is 11.1. The van der Waals surface area contributed by atoms with Gasteiger partial charge in [-0.2, -0.15) is 0 Å². The summed E-state index contributed by atoms with van der Waals surface area (Å²) < 4.78 is 4.79. The van der Waals surface area contributed by atoms with E-state index in [2.05, 4.69) is 34.5 Å². The molecule has 3 aliphatic rings. The highest BCUT2D eigenvalue weighted by molar-refractivity contribution is 6.02. The molecule has 2 aliphatic carbocycles. The number of nitrogens with one attached hydrogen (secondary N) is 1. The van der Waals surface area contributed by atoms with E-state index in [1.54, 1.807) is 6.92 Å². The number of rotatable bonds is 8. The van der Waals surface area contributed by atoms with Crippen molar-refractivity contribution in [3.8, 4) is 5.75 Å². The van der Waals surface area contributed by atoms with Crippen molar-refractivity contribution in [3.63, 3.8) is 0 Å². The number of aromatic hydroxyl groups is 1. The molecule has 0 spiro atoms. The minimum Gasteiger partial charge on any atom is -0.508 e. The van der Waals surface area contributed by atoms with E-state index >= 15 is 0 Å². The average Bonchev–Trinajstić information content (AvgIpc) is 2.90. The number of phenolic OH excluding ortho intramolecular Hbond substituents is 1. The van der Waals surface area contributed by atoms with Crippen LogP contribution in [0.2, 0.25) is 0 Å². The van der Waals surface area contributed by atoms with Crippen molar-refractivity contribution >= 4 is 17.6 Å². The van der Waals surface area contributed by atoms with Crippen LogP contribution in [0.1, 0.15) is 62.1 Å². The van der Waals surface area contributed by atoms with Gasteiger partial charge in [-0.3, -0.25) is 9.69 Å². The van der Waals surface area contributed by atoms with E-state index in [-0.39, 0.29) is 17.9 Å².